The van der Waals surface area contributed by atoms with E-state index in [2.05, 4.69) is 4.98 Å². The largest absolute Gasteiger partial charge is 0.507 e. The number of carbonyl (C=O) groups excluding carboxylic acids is 3. The van der Waals surface area contributed by atoms with E-state index in [0.717, 1.165) is 16.9 Å². The average Bonchev–Trinajstić information content (AvgIpc) is 3.44. The van der Waals surface area contributed by atoms with Crippen LogP contribution in [0.15, 0.2) is 42.0 Å². The van der Waals surface area contributed by atoms with Gasteiger partial charge in [-0.25, -0.2) is 9.78 Å². The molecular weight excluding hydrogens is 524 g/mol. The lowest BCUT2D eigenvalue weighted by Crippen LogP contribution is -2.29. The molecule has 1 aliphatic heterocycles. The second-order valence-electron chi connectivity index (χ2n) is 8.60. The van der Waals surface area contributed by atoms with Crippen molar-refractivity contribution in [3.63, 3.8) is 0 Å². The number of aryl methyl sites for hydroxylation is 2. The summed E-state index contributed by atoms with van der Waals surface area (Å²) in [5.41, 5.74) is 1.74. The monoisotopic (exact) mass is 552 g/mol. The molecule has 2 aromatic carbocycles. The number of nitrogens with zero attached hydrogens (tertiary/aromatic N) is 2. The fraction of sp³-hybridized carbons (Fsp3) is 0.286. The van der Waals surface area contributed by atoms with E-state index in [-0.39, 0.29) is 27.9 Å². The summed E-state index contributed by atoms with van der Waals surface area (Å²) in [7, 11) is 4.49. The van der Waals surface area contributed by atoms with Crippen molar-refractivity contribution in [2.24, 2.45) is 0 Å². The number of hydrogen-bond donors (Lipinski definition) is 1. The second-order valence-corrected chi connectivity index (χ2v) is 9.58. The van der Waals surface area contributed by atoms with Gasteiger partial charge in [0.2, 0.25) is 0 Å². The van der Waals surface area contributed by atoms with Crippen molar-refractivity contribution in [1.82, 2.24) is 4.98 Å². The van der Waals surface area contributed by atoms with Crippen LogP contribution in [0.4, 0.5) is 5.13 Å². The third kappa shape index (κ3) is 4.92. The number of ketones is 1. The van der Waals surface area contributed by atoms with E-state index in [1.54, 1.807) is 57.2 Å². The first kappa shape index (κ1) is 27.6. The first-order valence-corrected chi connectivity index (χ1v) is 12.8. The summed E-state index contributed by atoms with van der Waals surface area (Å²) < 4.78 is 21.2. The Bertz CT molecular complexity index is 1490. The number of rotatable bonds is 8. The number of Topliss-reactive ketones (excluding diaryl/α,β-unsaturated/α-hetero) is 1. The molecule has 0 aliphatic carbocycles. The SMILES string of the molecule is CCOC(=O)c1sc(N2C(=O)C(=O)C(=C(O)c3ccc(OC)c(C)c3)[C@@H]2c2ccc(OC)c(OC)c2)nc1C. The third-order valence-corrected chi connectivity index (χ3v) is 7.43. The first-order valence-electron chi connectivity index (χ1n) is 12.0. The van der Waals surface area contributed by atoms with E-state index >= 15 is 0 Å². The number of esters is 1. The normalized spacial score (nSPS) is 16.4. The van der Waals surface area contributed by atoms with Gasteiger partial charge in [-0.3, -0.25) is 14.5 Å². The lowest BCUT2D eigenvalue weighted by atomic mass is 9.94. The molecule has 11 heteroatoms. The predicted octanol–water partition coefficient (Wildman–Crippen LogP) is 4.59. The molecular formula is C28H28N2O8S. The molecule has 1 saturated heterocycles. The van der Waals surface area contributed by atoms with Gasteiger partial charge in [-0.1, -0.05) is 17.4 Å². The molecule has 1 amide bonds. The van der Waals surface area contributed by atoms with Gasteiger partial charge in [-0.15, -0.1) is 0 Å². The van der Waals surface area contributed by atoms with E-state index in [9.17, 15) is 19.5 Å². The Labute approximate surface area is 229 Å². The Hall–Kier alpha value is -4.38. The predicted molar refractivity (Wildman–Crippen MR) is 145 cm³/mol. The zero-order valence-electron chi connectivity index (χ0n) is 22.4. The number of anilines is 1. The lowest BCUT2D eigenvalue weighted by Gasteiger charge is -2.24. The number of benzene rings is 2. The van der Waals surface area contributed by atoms with Crippen LogP contribution in [0.3, 0.4) is 0 Å². The van der Waals surface area contributed by atoms with Crippen LogP contribution in [0.1, 0.15) is 45.0 Å². The minimum absolute atomic E-state index is 0.113. The van der Waals surface area contributed by atoms with E-state index in [4.69, 9.17) is 18.9 Å². The van der Waals surface area contributed by atoms with Crippen LogP contribution in [0.2, 0.25) is 0 Å². The summed E-state index contributed by atoms with van der Waals surface area (Å²) >= 11 is 0.934. The van der Waals surface area contributed by atoms with Crippen molar-refractivity contribution in [3.05, 3.63) is 69.2 Å². The summed E-state index contributed by atoms with van der Waals surface area (Å²) in [6.45, 7) is 5.28. The van der Waals surface area contributed by atoms with Gasteiger partial charge in [0.05, 0.1) is 45.2 Å². The molecule has 10 nitrogen and oxygen atoms in total. The number of aliphatic hydroxyl groups is 1. The highest BCUT2D eigenvalue weighted by atomic mass is 32.1. The van der Waals surface area contributed by atoms with Gasteiger partial charge in [0, 0.05) is 5.56 Å². The second kappa shape index (κ2) is 11.2. The summed E-state index contributed by atoms with van der Waals surface area (Å²) in [5, 5.41) is 11.5. The molecule has 1 aliphatic rings. The zero-order valence-corrected chi connectivity index (χ0v) is 23.2. The molecule has 1 atom stereocenters. The molecule has 39 heavy (non-hydrogen) atoms. The van der Waals surface area contributed by atoms with Gasteiger partial charge in [0.25, 0.3) is 5.78 Å². The molecule has 0 saturated carbocycles. The topological polar surface area (TPSA) is 124 Å². The third-order valence-electron chi connectivity index (χ3n) is 6.29. The average molecular weight is 553 g/mol. The van der Waals surface area contributed by atoms with Crippen molar-refractivity contribution in [3.8, 4) is 17.2 Å². The number of methoxy groups -OCH3 is 3. The molecule has 204 valence electrons. The number of aromatic nitrogens is 1. The van der Waals surface area contributed by atoms with Crippen LogP contribution >= 0.6 is 11.3 Å². The minimum atomic E-state index is -1.08. The molecule has 1 aromatic heterocycles. The van der Waals surface area contributed by atoms with Gasteiger partial charge >= 0.3 is 11.9 Å². The number of hydrogen-bond acceptors (Lipinski definition) is 10. The molecule has 0 bridgehead atoms. The van der Waals surface area contributed by atoms with Gasteiger partial charge in [0.15, 0.2) is 16.6 Å². The Morgan fingerprint density at radius 2 is 1.67 bits per heavy atom. The fourth-order valence-corrected chi connectivity index (χ4v) is 5.41. The maximum absolute atomic E-state index is 13.5. The maximum atomic E-state index is 13.5. The number of thiazole rings is 1. The molecule has 1 N–H and O–H groups in total. The van der Waals surface area contributed by atoms with E-state index in [1.807, 2.05) is 0 Å². The van der Waals surface area contributed by atoms with Crippen molar-refractivity contribution in [1.29, 1.82) is 0 Å². The Kier molecular flexibility index (Phi) is 7.91. The number of ether oxygens (including phenoxy) is 4. The highest BCUT2D eigenvalue weighted by Crippen LogP contribution is 2.45. The number of aliphatic hydroxyl groups excluding tert-OH is 1. The van der Waals surface area contributed by atoms with E-state index in [1.165, 1.54) is 26.2 Å². The van der Waals surface area contributed by atoms with Crippen molar-refractivity contribution in [2.75, 3.05) is 32.8 Å². The van der Waals surface area contributed by atoms with Crippen molar-refractivity contribution in [2.45, 2.75) is 26.8 Å². The van der Waals surface area contributed by atoms with Crippen molar-refractivity contribution < 1.29 is 38.4 Å². The van der Waals surface area contributed by atoms with Crippen LogP contribution in [0.5, 0.6) is 17.2 Å². The highest BCUT2D eigenvalue weighted by Gasteiger charge is 2.48. The maximum Gasteiger partial charge on any atom is 0.350 e. The van der Waals surface area contributed by atoms with Crippen LogP contribution in [0, 0.1) is 13.8 Å². The molecule has 1 fully saturated rings. The Morgan fingerprint density at radius 3 is 2.28 bits per heavy atom. The molecule has 0 radical (unpaired) electrons. The molecule has 0 unspecified atom stereocenters. The van der Waals surface area contributed by atoms with Gasteiger partial charge in [-0.05, 0) is 62.2 Å². The smallest absolute Gasteiger partial charge is 0.350 e. The van der Waals surface area contributed by atoms with Gasteiger partial charge < -0.3 is 24.1 Å². The zero-order chi connectivity index (χ0) is 28.4. The molecule has 3 aromatic rings. The van der Waals surface area contributed by atoms with Crippen LogP contribution < -0.4 is 19.1 Å². The Balaban J connectivity index is 1.95. The summed E-state index contributed by atoms with van der Waals surface area (Å²) in [6.07, 6.45) is 0. The minimum Gasteiger partial charge on any atom is -0.507 e. The summed E-state index contributed by atoms with van der Waals surface area (Å²) in [5.74, 6) is -1.32. The lowest BCUT2D eigenvalue weighted by molar-refractivity contribution is -0.132. The number of carbonyl (C=O) groups is 3. The van der Waals surface area contributed by atoms with E-state index in [0.29, 0.717) is 34.1 Å². The van der Waals surface area contributed by atoms with E-state index < -0.39 is 23.7 Å². The summed E-state index contributed by atoms with van der Waals surface area (Å²) in [6, 6.07) is 8.80. The summed E-state index contributed by atoms with van der Waals surface area (Å²) in [4.78, 5) is 45.3. The molecule has 4 rings (SSSR count). The Morgan fingerprint density at radius 1 is 1.00 bits per heavy atom. The van der Waals surface area contributed by atoms with Crippen LogP contribution in [0.25, 0.3) is 5.76 Å². The first-order chi connectivity index (χ1) is 18.7. The standard InChI is InChI=1S/C28H28N2O8S/c1-7-38-27(34)25-15(3)29-28(39-25)30-22(16-8-11-19(36-5)20(13-16)37-6)21(24(32)26(30)33)23(31)17-9-10-18(35-4)14(2)12-17/h8-13,22,31H,7H2,1-6H3/t22-/m0/s1. The molecule has 0 spiro atoms. The molecule has 2 heterocycles. The fourth-order valence-electron chi connectivity index (χ4n) is 4.42. The van der Waals surface area contributed by atoms with Gasteiger partial charge in [0.1, 0.15) is 16.4 Å². The number of amides is 1. The highest BCUT2D eigenvalue weighted by molar-refractivity contribution is 7.17. The van der Waals surface area contributed by atoms with Gasteiger partial charge in [-0.2, -0.15) is 0 Å². The van der Waals surface area contributed by atoms with Crippen LogP contribution in [-0.4, -0.2) is 55.7 Å². The van der Waals surface area contributed by atoms with Crippen LogP contribution in [-0.2, 0) is 14.3 Å². The van der Waals surface area contributed by atoms with Crippen molar-refractivity contribution >= 4 is 39.9 Å². The quantitative estimate of drug-likeness (QED) is 0.185.